The van der Waals surface area contributed by atoms with E-state index in [1.807, 2.05) is 20.8 Å². The molecule has 0 aromatic heterocycles. The highest BCUT2D eigenvalue weighted by Gasteiger charge is 2.37. The van der Waals surface area contributed by atoms with Gasteiger partial charge in [-0.1, -0.05) is 20.8 Å². The van der Waals surface area contributed by atoms with E-state index in [4.69, 9.17) is 19.9 Å². The summed E-state index contributed by atoms with van der Waals surface area (Å²) in [5, 5.41) is 0. The van der Waals surface area contributed by atoms with Crippen LogP contribution in [0.15, 0.2) is 24.2 Å². The number of ether oxygens (including phenoxy) is 3. The number of likely N-dealkylation sites (tertiary alicyclic amines) is 1. The smallest absolute Gasteiger partial charge is 0.404 e. The third kappa shape index (κ3) is 3.04. The van der Waals surface area contributed by atoms with Gasteiger partial charge in [-0.15, -0.1) is 0 Å². The van der Waals surface area contributed by atoms with Crippen LogP contribution in [0.4, 0.5) is 4.79 Å². The largest absolute Gasteiger partial charge is 0.463 e. The summed E-state index contributed by atoms with van der Waals surface area (Å²) in [6.07, 6.45) is 1.47. The fourth-order valence-corrected chi connectivity index (χ4v) is 1.89. The molecule has 0 spiro atoms. The summed E-state index contributed by atoms with van der Waals surface area (Å²) < 4.78 is 15.7. The van der Waals surface area contributed by atoms with Crippen LogP contribution in [0, 0.1) is 5.41 Å². The minimum Gasteiger partial charge on any atom is -0.463 e. The fraction of sp³-hybridized carbons (Fsp3) is 0.538. The lowest BCUT2D eigenvalue weighted by Gasteiger charge is -2.29. The van der Waals surface area contributed by atoms with E-state index in [9.17, 15) is 9.59 Å². The van der Waals surface area contributed by atoms with Crippen LogP contribution in [-0.2, 0) is 19.0 Å². The van der Waals surface area contributed by atoms with Crippen LogP contribution in [-0.4, -0.2) is 29.5 Å². The number of rotatable bonds is 2. The van der Waals surface area contributed by atoms with E-state index in [-0.39, 0.29) is 30.2 Å². The number of hydrogen-bond donors (Lipinski definition) is 1. The monoisotopic (exact) mass is 282 g/mol. The third-order valence-corrected chi connectivity index (χ3v) is 2.94. The van der Waals surface area contributed by atoms with Crippen LogP contribution in [0.2, 0.25) is 0 Å². The van der Waals surface area contributed by atoms with E-state index >= 15 is 0 Å². The lowest BCUT2D eigenvalue weighted by atomic mass is 9.94. The van der Waals surface area contributed by atoms with Crippen molar-refractivity contribution in [2.75, 3.05) is 6.54 Å². The highest BCUT2D eigenvalue weighted by Crippen LogP contribution is 2.32. The van der Waals surface area contributed by atoms with E-state index in [1.165, 1.54) is 17.4 Å². The molecule has 2 rings (SSSR count). The first-order valence-corrected chi connectivity index (χ1v) is 6.28. The number of carbonyl (C=O) groups excluding carboxylic acids is 2. The van der Waals surface area contributed by atoms with Crippen LogP contribution < -0.4 is 5.73 Å². The second-order valence-corrected chi connectivity index (χ2v) is 5.69. The van der Waals surface area contributed by atoms with Gasteiger partial charge in [-0.25, -0.2) is 4.79 Å². The summed E-state index contributed by atoms with van der Waals surface area (Å²) in [6.45, 7) is 6.11. The van der Waals surface area contributed by atoms with Gasteiger partial charge in [0.2, 0.25) is 11.8 Å². The van der Waals surface area contributed by atoms with Gasteiger partial charge in [-0.2, -0.15) is 0 Å². The van der Waals surface area contributed by atoms with Gasteiger partial charge in [0.15, 0.2) is 6.26 Å². The molecule has 0 saturated carbocycles. The van der Waals surface area contributed by atoms with Gasteiger partial charge in [0.05, 0.1) is 13.0 Å². The normalized spacial score (nSPS) is 22.6. The van der Waals surface area contributed by atoms with E-state index in [0.29, 0.717) is 5.76 Å². The summed E-state index contributed by atoms with van der Waals surface area (Å²) in [5.74, 6) is 0.696. The van der Waals surface area contributed by atoms with Crippen molar-refractivity contribution in [1.82, 2.24) is 4.90 Å². The SMILES string of the molecule is CC(C)(C)C1=COC=C(N2CC(OC(N)=O)CC2=O)O1. The van der Waals surface area contributed by atoms with E-state index in [2.05, 4.69) is 0 Å². The number of hydrogen-bond acceptors (Lipinski definition) is 5. The molecule has 0 radical (unpaired) electrons. The predicted octanol–water partition coefficient (Wildman–Crippen LogP) is 1.42. The molecule has 1 fully saturated rings. The zero-order chi connectivity index (χ0) is 14.9. The van der Waals surface area contributed by atoms with Crippen LogP contribution in [0.5, 0.6) is 0 Å². The third-order valence-electron chi connectivity index (χ3n) is 2.94. The first-order valence-electron chi connectivity index (χ1n) is 6.28. The molecule has 2 aliphatic heterocycles. The molecule has 2 amide bonds. The van der Waals surface area contributed by atoms with Crippen molar-refractivity contribution in [2.24, 2.45) is 11.1 Å². The van der Waals surface area contributed by atoms with Crippen LogP contribution in [0.25, 0.3) is 0 Å². The Morgan fingerprint density at radius 3 is 2.75 bits per heavy atom. The standard InChI is InChI=1S/C13H18N2O5/c1-13(2,3)9-6-18-7-11(20-9)15-5-8(4-10(15)16)19-12(14)17/h6-8H,4-5H2,1-3H3,(H2,14,17). The quantitative estimate of drug-likeness (QED) is 0.827. The Morgan fingerprint density at radius 1 is 1.45 bits per heavy atom. The van der Waals surface area contributed by atoms with Crippen molar-refractivity contribution in [3.8, 4) is 0 Å². The average molecular weight is 282 g/mol. The van der Waals surface area contributed by atoms with Crippen molar-refractivity contribution in [3.63, 3.8) is 0 Å². The van der Waals surface area contributed by atoms with Crippen molar-refractivity contribution in [2.45, 2.75) is 33.3 Å². The topological polar surface area (TPSA) is 91.1 Å². The Kier molecular flexibility index (Phi) is 3.61. The number of nitrogens with zero attached hydrogens (tertiary/aromatic N) is 1. The molecule has 2 aliphatic rings. The van der Waals surface area contributed by atoms with Crippen molar-refractivity contribution in [1.29, 1.82) is 0 Å². The molecule has 2 N–H and O–H groups in total. The molecule has 20 heavy (non-hydrogen) atoms. The summed E-state index contributed by atoms with van der Waals surface area (Å²) in [6, 6.07) is 0. The van der Waals surface area contributed by atoms with Gasteiger partial charge in [0.1, 0.15) is 18.1 Å². The molecule has 0 aromatic carbocycles. The molecule has 0 aliphatic carbocycles. The Morgan fingerprint density at radius 2 is 2.15 bits per heavy atom. The van der Waals surface area contributed by atoms with Crippen LogP contribution in [0.1, 0.15) is 27.2 Å². The van der Waals surface area contributed by atoms with Crippen LogP contribution >= 0.6 is 0 Å². The summed E-state index contributed by atoms with van der Waals surface area (Å²) in [5.41, 5.74) is 4.71. The average Bonchev–Trinajstić information content (AvgIpc) is 2.68. The van der Waals surface area contributed by atoms with E-state index in [0.717, 1.165) is 0 Å². The minimum atomic E-state index is -0.894. The lowest BCUT2D eigenvalue weighted by molar-refractivity contribution is -0.128. The van der Waals surface area contributed by atoms with Gasteiger partial charge < -0.3 is 19.9 Å². The summed E-state index contributed by atoms with van der Waals surface area (Å²) in [7, 11) is 0. The van der Waals surface area contributed by atoms with Crippen molar-refractivity contribution < 1.29 is 23.8 Å². The molecule has 110 valence electrons. The highest BCUT2D eigenvalue weighted by molar-refractivity contribution is 5.81. The number of carbonyl (C=O) groups is 2. The maximum Gasteiger partial charge on any atom is 0.404 e. The first kappa shape index (κ1) is 14.2. The molecule has 0 bridgehead atoms. The maximum atomic E-state index is 11.9. The van der Waals surface area contributed by atoms with Gasteiger partial charge >= 0.3 is 6.09 Å². The first-order chi connectivity index (χ1) is 9.27. The summed E-state index contributed by atoms with van der Waals surface area (Å²) in [4.78, 5) is 24.0. The Balaban J connectivity index is 2.04. The molecule has 1 unspecified atom stereocenters. The maximum absolute atomic E-state index is 11.9. The van der Waals surface area contributed by atoms with Crippen molar-refractivity contribution >= 4 is 12.0 Å². The molecule has 1 atom stereocenters. The molecule has 1 saturated heterocycles. The van der Waals surface area contributed by atoms with Gasteiger partial charge in [-0.05, 0) is 0 Å². The number of primary amides is 1. The Bertz CT molecular complexity index is 489. The lowest BCUT2D eigenvalue weighted by Crippen LogP contribution is -2.30. The molecule has 7 heteroatoms. The van der Waals surface area contributed by atoms with Gasteiger partial charge in [-0.3, -0.25) is 9.69 Å². The molecule has 2 heterocycles. The van der Waals surface area contributed by atoms with E-state index in [1.54, 1.807) is 0 Å². The second-order valence-electron chi connectivity index (χ2n) is 5.69. The number of allylic oxidation sites excluding steroid dienone is 1. The zero-order valence-corrected chi connectivity index (χ0v) is 11.7. The highest BCUT2D eigenvalue weighted by atomic mass is 16.6. The molecule has 7 nitrogen and oxygen atoms in total. The predicted molar refractivity (Wildman–Crippen MR) is 68.6 cm³/mol. The van der Waals surface area contributed by atoms with Gasteiger partial charge in [0.25, 0.3) is 0 Å². The van der Waals surface area contributed by atoms with Crippen LogP contribution in [0.3, 0.4) is 0 Å². The second kappa shape index (κ2) is 5.07. The van der Waals surface area contributed by atoms with Gasteiger partial charge in [0, 0.05) is 5.41 Å². The fourth-order valence-electron chi connectivity index (χ4n) is 1.89. The van der Waals surface area contributed by atoms with Crippen molar-refractivity contribution in [3.05, 3.63) is 24.2 Å². The summed E-state index contributed by atoms with van der Waals surface area (Å²) >= 11 is 0. The Hall–Kier alpha value is -2.18. The molecular formula is C13H18N2O5. The van der Waals surface area contributed by atoms with E-state index < -0.39 is 12.2 Å². The zero-order valence-electron chi connectivity index (χ0n) is 11.7. The number of amides is 2. The number of nitrogens with two attached hydrogens (primary N) is 1. The Labute approximate surface area is 116 Å². The minimum absolute atomic E-state index is 0.0816. The molecular weight excluding hydrogens is 264 g/mol. The molecule has 0 aromatic rings.